The summed E-state index contributed by atoms with van der Waals surface area (Å²) >= 11 is 1.71. The number of nitrogens with zero attached hydrogens (tertiary/aromatic N) is 1. The predicted molar refractivity (Wildman–Crippen MR) is 110 cm³/mol. The van der Waals surface area contributed by atoms with Crippen LogP contribution >= 0.6 is 11.3 Å². The summed E-state index contributed by atoms with van der Waals surface area (Å²) in [6.45, 7) is 6.30. The lowest BCUT2D eigenvalue weighted by atomic mass is 9.47. The second-order valence-corrected chi connectivity index (χ2v) is 11.1. The van der Waals surface area contributed by atoms with Gasteiger partial charge in [-0.25, -0.2) is 4.98 Å². The summed E-state index contributed by atoms with van der Waals surface area (Å²) in [5, 5.41) is 25.3. The van der Waals surface area contributed by atoms with E-state index >= 15 is 0 Å². The van der Waals surface area contributed by atoms with E-state index in [1.165, 1.54) is 17.7 Å². The molecule has 0 bridgehead atoms. The highest BCUT2D eigenvalue weighted by molar-refractivity contribution is 7.11. The molecule has 1 aromatic heterocycles. The highest BCUT2D eigenvalue weighted by Crippen LogP contribution is 2.62. The average molecular weight is 407 g/mol. The molecule has 1 amide bonds. The minimum atomic E-state index is -0.539. The third kappa shape index (κ3) is 3.21. The number of thiazole rings is 1. The maximum absolute atomic E-state index is 13.0. The van der Waals surface area contributed by atoms with Crippen LogP contribution in [0.4, 0.5) is 0 Å². The van der Waals surface area contributed by atoms with Gasteiger partial charge in [0.15, 0.2) is 0 Å². The molecular formula is C22H34N2O3S. The van der Waals surface area contributed by atoms with E-state index in [0.717, 1.165) is 36.4 Å². The molecule has 156 valence electrons. The van der Waals surface area contributed by atoms with Crippen molar-refractivity contribution < 1.29 is 15.0 Å². The van der Waals surface area contributed by atoms with Crippen molar-refractivity contribution in [3.05, 3.63) is 15.6 Å². The fraction of sp³-hybridized carbons (Fsp3) is 0.818. The van der Waals surface area contributed by atoms with Crippen molar-refractivity contribution in [2.24, 2.45) is 16.7 Å². The number of hydrogen-bond donors (Lipinski definition) is 3. The molecule has 0 aromatic carbocycles. The predicted octanol–water partition coefficient (Wildman–Crippen LogP) is 3.32. The van der Waals surface area contributed by atoms with Crippen LogP contribution in [0.2, 0.25) is 0 Å². The molecule has 1 heterocycles. The van der Waals surface area contributed by atoms with Crippen LogP contribution in [-0.2, 0) is 11.2 Å². The van der Waals surface area contributed by atoms with Crippen LogP contribution in [0.25, 0.3) is 0 Å². The molecule has 0 radical (unpaired) electrons. The fourth-order valence-corrected chi connectivity index (χ4v) is 7.35. The Labute approximate surface area is 172 Å². The molecule has 5 atom stereocenters. The first kappa shape index (κ1) is 20.3. The molecule has 28 heavy (non-hydrogen) atoms. The third-order valence-electron chi connectivity index (χ3n) is 8.11. The minimum Gasteiger partial charge on any atom is -0.396 e. The molecule has 4 rings (SSSR count). The van der Waals surface area contributed by atoms with E-state index < -0.39 is 11.5 Å². The second-order valence-electron chi connectivity index (χ2n) is 9.83. The summed E-state index contributed by atoms with van der Waals surface area (Å²) in [5.74, 6) is 0.323. The van der Waals surface area contributed by atoms with E-state index in [0.29, 0.717) is 18.9 Å². The lowest BCUT2D eigenvalue weighted by molar-refractivity contribution is -0.144. The smallest absolute Gasteiger partial charge is 0.220 e. The standard InChI is InChI=1S/C22H34N2O3S/c1-13-23-20-15(10-19(27)24-14-6-4-5-7-14)21(2)9-8-18(26)22(3,12-25)17(21)11-16(20)28-13/h14-15,17-18,25-26H,4-12H2,1-3H3,(H,24,27)/t15-,17+,18-,21+,22+/m1/s1. The largest absolute Gasteiger partial charge is 0.396 e. The molecule has 0 aliphatic heterocycles. The van der Waals surface area contributed by atoms with E-state index in [1.54, 1.807) is 11.3 Å². The molecule has 3 aliphatic carbocycles. The summed E-state index contributed by atoms with van der Waals surface area (Å²) in [4.78, 5) is 19.1. The molecule has 3 aliphatic rings. The van der Waals surface area contributed by atoms with Crippen LogP contribution in [0.15, 0.2) is 0 Å². The summed E-state index contributed by atoms with van der Waals surface area (Å²) in [5.41, 5.74) is 0.416. The van der Waals surface area contributed by atoms with Crippen molar-refractivity contribution in [3.63, 3.8) is 0 Å². The van der Waals surface area contributed by atoms with Gasteiger partial charge < -0.3 is 15.5 Å². The van der Waals surface area contributed by atoms with Crippen LogP contribution in [-0.4, -0.2) is 39.9 Å². The van der Waals surface area contributed by atoms with Crippen molar-refractivity contribution in [1.29, 1.82) is 0 Å². The number of rotatable bonds is 4. The van der Waals surface area contributed by atoms with Gasteiger partial charge in [0, 0.05) is 28.7 Å². The normalized spacial score (nSPS) is 38.1. The molecule has 3 N–H and O–H groups in total. The molecule has 0 unspecified atom stereocenters. The Kier molecular flexibility index (Phi) is 5.34. The number of hydrogen-bond acceptors (Lipinski definition) is 5. The maximum atomic E-state index is 13.0. The maximum Gasteiger partial charge on any atom is 0.220 e. The number of aliphatic hydroxyl groups excluding tert-OH is 2. The zero-order chi connectivity index (χ0) is 20.1. The van der Waals surface area contributed by atoms with Gasteiger partial charge in [-0.1, -0.05) is 26.7 Å². The molecular weight excluding hydrogens is 372 g/mol. The van der Waals surface area contributed by atoms with Gasteiger partial charge in [0.1, 0.15) is 0 Å². The van der Waals surface area contributed by atoms with Crippen molar-refractivity contribution in [3.8, 4) is 0 Å². The van der Waals surface area contributed by atoms with Crippen LogP contribution < -0.4 is 5.32 Å². The number of aromatic nitrogens is 1. The third-order valence-corrected chi connectivity index (χ3v) is 9.12. The summed E-state index contributed by atoms with van der Waals surface area (Å²) < 4.78 is 0. The van der Waals surface area contributed by atoms with Gasteiger partial charge in [-0.05, 0) is 50.4 Å². The van der Waals surface area contributed by atoms with E-state index in [-0.39, 0.29) is 29.8 Å². The van der Waals surface area contributed by atoms with Crippen molar-refractivity contribution in [2.45, 2.75) is 90.2 Å². The van der Waals surface area contributed by atoms with Crippen LogP contribution in [0, 0.1) is 23.7 Å². The Bertz CT molecular complexity index is 744. The summed E-state index contributed by atoms with van der Waals surface area (Å²) in [6.07, 6.45) is 6.92. The number of fused-ring (bicyclic) bond motifs is 2. The number of aryl methyl sites for hydroxylation is 1. The minimum absolute atomic E-state index is 0.0253. The van der Waals surface area contributed by atoms with E-state index in [1.807, 2.05) is 13.8 Å². The molecule has 1 aromatic rings. The quantitative estimate of drug-likeness (QED) is 0.716. The SMILES string of the molecule is Cc1nc2c(s1)C[C@@H]1[C@](C)(CO)[C@H](O)CC[C@@]1(C)[C@@H]2CC(=O)NC1CCCC1. The van der Waals surface area contributed by atoms with Gasteiger partial charge in [0.25, 0.3) is 0 Å². The van der Waals surface area contributed by atoms with Gasteiger partial charge in [0.05, 0.1) is 23.4 Å². The van der Waals surface area contributed by atoms with E-state index in [4.69, 9.17) is 4.98 Å². The Balaban J connectivity index is 1.67. The first-order chi connectivity index (χ1) is 13.3. The molecule has 5 nitrogen and oxygen atoms in total. The molecule has 0 saturated heterocycles. The summed E-state index contributed by atoms with van der Waals surface area (Å²) in [6, 6.07) is 0.326. The second kappa shape index (κ2) is 7.37. The number of aliphatic hydroxyl groups is 2. The number of nitrogens with one attached hydrogen (secondary N) is 1. The topological polar surface area (TPSA) is 82.5 Å². The number of carbonyl (C=O) groups excluding carboxylic acids is 1. The van der Waals surface area contributed by atoms with Gasteiger partial charge in [-0.2, -0.15) is 0 Å². The van der Waals surface area contributed by atoms with Crippen molar-refractivity contribution >= 4 is 17.2 Å². The zero-order valence-electron chi connectivity index (χ0n) is 17.3. The van der Waals surface area contributed by atoms with Gasteiger partial charge in [-0.3, -0.25) is 4.79 Å². The van der Waals surface area contributed by atoms with Crippen LogP contribution in [0.1, 0.15) is 80.3 Å². The Morgan fingerprint density at radius 3 is 2.68 bits per heavy atom. The van der Waals surface area contributed by atoms with E-state index in [9.17, 15) is 15.0 Å². The lowest BCUT2D eigenvalue weighted by Gasteiger charge is -2.58. The molecule has 2 saturated carbocycles. The molecule has 0 spiro atoms. The van der Waals surface area contributed by atoms with Crippen molar-refractivity contribution in [1.82, 2.24) is 10.3 Å². The van der Waals surface area contributed by atoms with Gasteiger partial charge in [-0.15, -0.1) is 11.3 Å². The lowest BCUT2D eigenvalue weighted by Crippen LogP contribution is -2.57. The zero-order valence-corrected chi connectivity index (χ0v) is 18.1. The van der Waals surface area contributed by atoms with Crippen molar-refractivity contribution in [2.75, 3.05) is 6.61 Å². The summed E-state index contributed by atoms with van der Waals surface area (Å²) in [7, 11) is 0. The first-order valence-electron chi connectivity index (χ1n) is 10.8. The van der Waals surface area contributed by atoms with Gasteiger partial charge in [0.2, 0.25) is 5.91 Å². The number of carbonyl (C=O) groups is 1. The van der Waals surface area contributed by atoms with E-state index in [2.05, 4.69) is 12.2 Å². The molecule has 6 heteroatoms. The fourth-order valence-electron chi connectivity index (χ4n) is 6.31. The highest BCUT2D eigenvalue weighted by Gasteiger charge is 2.59. The number of amides is 1. The Morgan fingerprint density at radius 2 is 2.00 bits per heavy atom. The van der Waals surface area contributed by atoms with Crippen LogP contribution in [0.5, 0.6) is 0 Å². The molecule has 2 fully saturated rings. The average Bonchev–Trinajstić information content (AvgIpc) is 3.29. The highest BCUT2D eigenvalue weighted by atomic mass is 32.1. The Morgan fingerprint density at radius 1 is 1.29 bits per heavy atom. The monoisotopic (exact) mass is 406 g/mol. The van der Waals surface area contributed by atoms with Gasteiger partial charge >= 0.3 is 0 Å². The first-order valence-corrected chi connectivity index (χ1v) is 11.6. The van der Waals surface area contributed by atoms with Crippen LogP contribution in [0.3, 0.4) is 0 Å². The Hall–Kier alpha value is -0.980.